The SMILES string of the molecule is c1cc(C2CNCCO2)no1. The van der Waals surface area contributed by atoms with Gasteiger partial charge >= 0.3 is 0 Å². The van der Waals surface area contributed by atoms with Gasteiger partial charge in [0.1, 0.15) is 18.1 Å². The molecule has 1 atom stereocenters. The van der Waals surface area contributed by atoms with E-state index in [1.807, 2.05) is 6.07 Å². The molecule has 0 saturated carbocycles. The van der Waals surface area contributed by atoms with Crippen molar-refractivity contribution in [1.29, 1.82) is 0 Å². The van der Waals surface area contributed by atoms with Crippen LogP contribution in [0.15, 0.2) is 16.9 Å². The lowest BCUT2D eigenvalue weighted by Crippen LogP contribution is -2.33. The largest absolute Gasteiger partial charge is 0.369 e. The van der Waals surface area contributed by atoms with Crippen LogP contribution in [0.5, 0.6) is 0 Å². The molecule has 11 heavy (non-hydrogen) atoms. The van der Waals surface area contributed by atoms with Crippen LogP contribution in [-0.4, -0.2) is 24.9 Å². The van der Waals surface area contributed by atoms with Gasteiger partial charge in [-0.2, -0.15) is 0 Å². The topological polar surface area (TPSA) is 47.3 Å². The first kappa shape index (κ1) is 6.82. The molecule has 0 aromatic carbocycles. The maximum absolute atomic E-state index is 5.44. The Labute approximate surface area is 64.5 Å². The van der Waals surface area contributed by atoms with Gasteiger partial charge in [-0.3, -0.25) is 0 Å². The Morgan fingerprint density at radius 2 is 2.64 bits per heavy atom. The van der Waals surface area contributed by atoms with Gasteiger partial charge in [0.2, 0.25) is 0 Å². The van der Waals surface area contributed by atoms with Crippen molar-refractivity contribution >= 4 is 0 Å². The fourth-order valence-corrected chi connectivity index (χ4v) is 1.14. The molecule has 1 saturated heterocycles. The van der Waals surface area contributed by atoms with E-state index >= 15 is 0 Å². The summed E-state index contributed by atoms with van der Waals surface area (Å²) >= 11 is 0. The highest BCUT2D eigenvalue weighted by Gasteiger charge is 2.17. The summed E-state index contributed by atoms with van der Waals surface area (Å²) in [5.41, 5.74) is 0.872. The molecule has 1 aliphatic heterocycles. The normalized spacial score (nSPS) is 25.3. The molecule has 0 amide bonds. The van der Waals surface area contributed by atoms with Crippen LogP contribution in [0.25, 0.3) is 0 Å². The van der Waals surface area contributed by atoms with E-state index in [1.165, 1.54) is 0 Å². The highest BCUT2D eigenvalue weighted by atomic mass is 16.5. The zero-order valence-electron chi connectivity index (χ0n) is 6.12. The number of hydrogen-bond acceptors (Lipinski definition) is 4. The molecule has 1 aromatic rings. The number of ether oxygens (including phenoxy) is 1. The molecule has 4 nitrogen and oxygen atoms in total. The summed E-state index contributed by atoms with van der Waals surface area (Å²) in [6, 6.07) is 1.83. The first-order valence-corrected chi connectivity index (χ1v) is 3.69. The van der Waals surface area contributed by atoms with Gasteiger partial charge in [0.15, 0.2) is 0 Å². The zero-order valence-corrected chi connectivity index (χ0v) is 6.12. The van der Waals surface area contributed by atoms with Crippen LogP contribution in [-0.2, 0) is 4.74 Å². The molecule has 1 aliphatic rings. The molecule has 1 fully saturated rings. The second kappa shape index (κ2) is 3.02. The molecule has 2 heterocycles. The van der Waals surface area contributed by atoms with Crippen molar-refractivity contribution in [2.75, 3.05) is 19.7 Å². The number of nitrogens with one attached hydrogen (secondary N) is 1. The Morgan fingerprint density at radius 1 is 1.64 bits per heavy atom. The fourth-order valence-electron chi connectivity index (χ4n) is 1.14. The van der Waals surface area contributed by atoms with Crippen molar-refractivity contribution in [2.45, 2.75) is 6.10 Å². The van der Waals surface area contributed by atoms with Crippen LogP contribution in [0.2, 0.25) is 0 Å². The highest BCUT2D eigenvalue weighted by Crippen LogP contribution is 2.15. The fraction of sp³-hybridized carbons (Fsp3) is 0.571. The Hall–Kier alpha value is -0.870. The van der Waals surface area contributed by atoms with Crippen LogP contribution in [0, 0.1) is 0 Å². The molecule has 1 unspecified atom stereocenters. The van der Waals surface area contributed by atoms with Crippen molar-refractivity contribution in [3.8, 4) is 0 Å². The first-order chi connectivity index (χ1) is 5.47. The van der Waals surface area contributed by atoms with Crippen LogP contribution in [0.4, 0.5) is 0 Å². The van der Waals surface area contributed by atoms with Crippen molar-refractivity contribution in [3.63, 3.8) is 0 Å². The smallest absolute Gasteiger partial charge is 0.124 e. The Balaban J connectivity index is 2.04. The molecule has 60 valence electrons. The average molecular weight is 154 g/mol. The number of rotatable bonds is 1. The van der Waals surface area contributed by atoms with Gasteiger partial charge in [-0.1, -0.05) is 5.16 Å². The van der Waals surface area contributed by atoms with Gasteiger partial charge < -0.3 is 14.6 Å². The minimum atomic E-state index is 0.0718. The molecule has 0 bridgehead atoms. The van der Waals surface area contributed by atoms with Crippen LogP contribution >= 0.6 is 0 Å². The number of morpholine rings is 1. The summed E-state index contributed by atoms with van der Waals surface area (Å²) in [6.07, 6.45) is 1.63. The predicted molar refractivity (Wildman–Crippen MR) is 38.1 cm³/mol. The minimum Gasteiger partial charge on any atom is -0.369 e. The van der Waals surface area contributed by atoms with E-state index in [0.717, 1.165) is 25.4 Å². The third kappa shape index (κ3) is 1.41. The molecule has 1 N–H and O–H groups in total. The quantitative estimate of drug-likeness (QED) is 0.633. The molecule has 4 heteroatoms. The Kier molecular flexibility index (Phi) is 1.87. The molecule has 0 radical (unpaired) electrons. The van der Waals surface area contributed by atoms with E-state index in [4.69, 9.17) is 9.26 Å². The number of nitrogens with zero attached hydrogens (tertiary/aromatic N) is 1. The van der Waals surface area contributed by atoms with Gasteiger partial charge in [-0.05, 0) is 0 Å². The lowest BCUT2D eigenvalue weighted by molar-refractivity contribution is 0.0232. The van der Waals surface area contributed by atoms with Gasteiger partial charge in [0, 0.05) is 19.2 Å². The summed E-state index contributed by atoms with van der Waals surface area (Å²) in [6.45, 7) is 2.50. The van der Waals surface area contributed by atoms with E-state index in [2.05, 4.69) is 10.5 Å². The Bertz CT molecular complexity index is 204. The van der Waals surface area contributed by atoms with Crippen molar-refractivity contribution in [2.24, 2.45) is 0 Å². The van der Waals surface area contributed by atoms with E-state index in [9.17, 15) is 0 Å². The molecule has 0 aliphatic carbocycles. The zero-order chi connectivity index (χ0) is 7.52. The summed E-state index contributed by atoms with van der Waals surface area (Å²) in [7, 11) is 0. The average Bonchev–Trinajstić information content (AvgIpc) is 2.58. The van der Waals surface area contributed by atoms with Gasteiger partial charge in [-0.15, -0.1) is 0 Å². The number of hydrogen-bond donors (Lipinski definition) is 1. The van der Waals surface area contributed by atoms with Gasteiger partial charge in [-0.25, -0.2) is 0 Å². The maximum atomic E-state index is 5.44. The van der Waals surface area contributed by atoms with Crippen molar-refractivity contribution in [1.82, 2.24) is 10.5 Å². The maximum Gasteiger partial charge on any atom is 0.124 e. The summed E-state index contributed by atoms with van der Waals surface area (Å²) in [4.78, 5) is 0. The van der Waals surface area contributed by atoms with Crippen LogP contribution in [0.1, 0.15) is 11.8 Å². The Morgan fingerprint density at radius 3 is 3.27 bits per heavy atom. The monoisotopic (exact) mass is 154 g/mol. The molecule has 2 rings (SSSR count). The van der Waals surface area contributed by atoms with E-state index in [0.29, 0.717) is 0 Å². The van der Waals surface area contributed by atoms with Gasteiger partial charge in [0.05, 0.1) is 6.61 Å². The van der Waals surface area contributed by atoms with Gasteiger partial charge in [0.25, 0.3) is 0 Å². The lowest BCUT2D eigenvalue weighted by atomic mass is 10.2. The molecular weight excluding hydrogens is 144 g/mol. The van der Waals surface area contributed by atoms with Crippen LogP contribution in [0.3, 0.4) is 0 Å². The van der Waals surface area contributed by atoms with Crippen molar-refractivity contribution in [3.05, 3.63) is 18.0 Å². The second-order valence-electron chi connectivity index (χ2n) is 2.49. The third-order valence-corrected chi connectivity index (χ3v) is 1.72. The van der Waals surface area contributed by atoms with E-state index in [1.54, 1.807) is 6.26 Å². The van der Waals surface area contributed by atoms with Crippen LogP contribution < -0.4 is 5.32 Å². The molecule has 0 spiro atoms. The molecular formula is C7H10N2O2. The van der Waals surface area contributed by atoms with E-state index < -0.39 is 0 Å². The summed E-state index contributed by atoms with van der Waals surface area (Å²) < 4.78 is 10.1. The summed E-state index contributed by atoms with van der Waals surface area (Å²) in [5.74, 6) is 0. The minimum absolute atomic E-state index is 0.0718. The molecule has 1 aromatic heterocycles. The highest BCUT2D eigenvalue weighted by molar-refractivity contribution is 5.01. The predicted octanol–water partition coefficient (Wildman–Crippen LogP) is 0.335. The van der Waals surface area contributed by atoms with E-state index in [-0.39, 0.29) is 6.10 Å². The van der Waals surface area contributed by atoms with Crippen molar-refractivity contribution < 1.29 is 9.26 Å². The standard InChI is InChI=1S/C7H10N2O2/c1-3-11-9-6(1)7-5-8-2-4-10-7/h1,3,7-8H,2,4-5H2. The third-order valence-electron chi connectivity index (χ3n) is 1.72. The first-order valence-electron chi connectivity index (χ1n) is 3.69. The summed E-state index contributed by atoms with van der Waals surface area (Å²) in [5, 5.41) is 7.02. The number of aromatic nitrogens is 1. The lowest BCUT2D eigenvalue weighted by Gasteiger charge is -2.21. The second-order valence-corrected chi connectivity index (χ2v) is 2.49.